The molecule has 0 unspecified atom stereocenters. The second-order valence-corrected chi connectivity index (χ2v) is 7.40. The molecule has 0 heterocycles. The Bertz CT molecular complexity index is 1080. The lowest BCUT2D eigenvalue weighted by atomic mass is 10.0. The molecule has 1 N–H and O–H groups in total. The van der Waals surface area contributed by atoms with Crippen molar-refractivity contribution in [2.45, 2.75) is 32.8 Å². The van der Waals surface area contributed by atoms with Gasteiger partial charge in [-0.25, -0.2) is 13.6 Å². The topological polar surface area (TPSA) is 55.4 Å². The Kier molecular flexibility index (Phi) is 7.13. The highest BCUT2D eigenvalue weighted by Crippen LogP contribution is 2.24. The average Bonchev–Trinajstić information content (AvgIpc) is 2.72. The number of benzene rings is 2. The third kappa shape index (κ3) is 6.22. The fourth-order valence-corrected chi connectivity index (χ4v) is 3.14. The van der Waals surface area contributed by atoms with Gasteiger partial charge in [0, 0.05) is 11.8 Å². The van der Waals surface area contributed by atoms with Crippen LogP contribution in [0.25, 0.3) is 11.1 Å². The zero-order valence-electron chi connectivity index (χ0n) is 17.3. The second-order valence-electron chi connectivity index (χ2n) is 7.40. The summed E-state index contributed by atoms with van der Waals surface area (Å²) < 4.78 is 32.9. The van der Waals surface area contributed by atoms with E-state index in [1.165, 1.54) is 36.4 Å². The van der Waals surface area contributed by atoms with Crippen LogP contribution in [-0.4, -0.2) is 18.0 Å². The van der Waals surface area contributed by atoms with Crippen molar-refractivity contribution in [2.24, 2.45) is 0 Å². The summed E-state index contributed by atoms with van der Waals surface area (Å²) in [5, 5.41) is 2.70. The normalized spacial score (nSPS) is 13.7. The molecule has 0 radical (unpaired) electrons. The third-order valence-corrected chi connectivity index (χ3v) is 4.55. The predicted octanol–water partition coefficient (Wildman–Crippen LogP) is 5.47. The minimum Gasteiger partial charge on any atom is -0.460 e. The fourth-order valence-electron chi connectivity index (χ4n) is 3.14. The molecular formula is C25H23F2NO3. The van der Waals surface area contributed by atoms with Gasteiger partial charge in [-0.3, -0.25) is 4.79 Å². The first-order valence-corrected chi connectivity index (χ1v) is 9.98. The maximum atomic E-state index is 14.3. The van der Waals surface area contributed by atoms with Crippen LogP contribution >= 0.6 is 0 Å². The summed E-state index contributed by atoms with van der Waals surface area (Å²) in [6.07, 6.45) is 7.72. The lowest BCUT2D eigenvalue weighted by Gasteiger charge is -2.14. The minimum atomic E-state index is -0.672. The highest BCUT2D eigenvalue weighted by molar-refractivity contribution is 5.97. The first-order chi connectivity index (χ1) is 14.8. The van der Waals surface area contributed by atoms with Crippen LogP contribution in [0.3, 0.4) is 0 Å². The number of amides is 1. The summed E-state index contributed by atoms with van der Waals surface area (Å²) in [5.74, 6) is -2.13. The third-order valence-electron chi connectivity index (χ3n) is 4.55. The number of nitrogens with one attached hydrogen (secondary N) is 1. The summed E-state index contributed by atoms with van der Waals surface area (Å²) >= 11 is 0. The lowest BCUT2D eigenvalue weighted by molar-refractivity contribution is -0.141. The van der Waals surface area contributed by atoms with Gasteiger partial charge in [-0.2, -0.15) is 0 Å². The molecule has 0 bridgehead atoms. The van der Waals surface area contributed by atoms with Crippen LogP contribution in [0.2, 0.25) is 0 Å². The Labute approximate surface area is 179 Å². The smallest absolute Gasteiger partial charge is 0.331 e. The standard InChI is InChI=1S/C25H23F2NO3/c1-16(2)31-24(29)12-9-17-5-3-8-21(13-17)28-25(30)22-15-19(10-11-23(22)27)18-6-4-7-20(26)14-18/h4,6-16H,3,5H2,1-2H3,(H,28,30)/b12-9+. The summed E-state index contributed by atoms with van der Waals surface area (Å²) in [7, 11) is 0. The molecule has 0 spiro atoms. The van der Waals surface area contributed by atoms with Crippen molar-refractivity contribution in [3.05, 3.63) is 95.2 Å². The van der Waals surface area contributed by atoms with E-state index in [1.54, 1.807) is 38.1 Å². The molecule has 1 amide bonds. The van der Waals surface area contributed by atoms with E-state index in [1.807, 2.05) is 6.08 Å². The molecule has 2 aromatic carbocycles. The van der Waals surface area contributed by atoms with Gasteiger partial charge in [-0.05, 0) is 73.7 Å². The Morgan fingerprint density at radius 2 is 1.87 bits per heavy atom. The molecule has 31 heavy (non-hydrogen) atoms. The van der Waals surface area contributed by atoms with Gasteiger partial charge in [0.25, 0.3) is 5.91 Å². The summed E-state index contributed by atoms with van der Waals surface area (Å²) in [5.41, 5.74) is 2.30. The highest BCUT2D eigenvalue weighted by Gasteiger charge is 2.15. The average molecular weight is 423 g/mol. The molecule has 3 rings (SSSR count). The molecule has 0 aliphatic heterocycles. The van der Waals surface area contributed by atoms with Crippen LogP contribution in [0.5, 0.6) is 0 Å². The van der Waals surface area contributed by atoms with E-state index in [2.05, 4.69) is 5.32 Å². The van der Waals surface area contributed by atoms with Crippen LogP contribution < -0.4 is 5.32 Å². The van der Waals surface area contributed by atoms with E-state index in [4.69, 9.17) is 4.74 Å². The number of carbonyl (C=O) groups is 2. The molecule has 6 heteroatoms. The Morgan fingerprint density at radius 3 is 2.61 bits per heavy atom. The van der Waals surface area contributed by atoms with Crippen LogP contribution in [0.4, 0.5) is 8.78 Å². The molecule has 4 nitrogen and oxygen atoms in total. The van der Waals surface area contributed by atoms with Crippen molar-refractivity contribution in [3.63, 3.8) is 0 Å². The quantitative estimate of drug-likeness (QED) is 0.495. The maximum absolute atomic E-state index is 14.3. The summed E-state index contributed by atoms with van der Waals surface area (Å²) in [4.78, 5) is 24.4. The van der Waals surface area contributed by atoms with E-state index in [0.717, 1.165) is 5.57 Å². The maximum Gasteiger partial charge on any atom is 0.331 e. The van der Waals surface area contributed by atoms with E-state index in [9.17, 15) is 18.4 Å². The zero-order valence-corrected chi connectivity index (χ0v) is 17.3. The largest absolute Gasteiger partial charge is 0.460 e. The fraction of sp³-hybridized carbons (Fsp3) is 0.200. The Morgan fingerprint density at radius 1 is 1.10 bits per heavy atom. The molecule has 160 valence electrons. The second kappa shape index (κ2) is 9.98. The van der Waals surface area contributed by atoms with Gasteiger partial charge in [-0.15, -0.1) is 0 Å². The number of carbonyl (C=O) groups excluding carboxylic acids is 2. The Balaban J connectivity index is 1.74. The van der Waals surface area contributed by atoms with Crippen LogP contribution in [0.15, 0.2) is 78.0 Å². The van der Waals surface area contributed by atoms with Gasteiger partial charge < -0.3 is 10.1 Å². The molecule has 0 atom stereocenters. The van der Waals surface area contributed by atoms with Crippen molar-refractivity contribution in [3.8, 4) is 11.1 Å². The number of hydrogen-bond acceptors (Lipinski definition) is 3. The highest BCUT2D eigenvalue weighted by atomic mass is 19.1. The van der Waals surface area contributed by atoms with Gasteiger partial charge in [0.2, 0.25) is 0 Å². The number of ether oxygens (including phenoxy) is 1. The van der Waals surface area contributed by atoms with Gasteiger partial charge in [-0.1, -0.05) is 30.4 Å². The Hall–Kier alpha value is -3.54. The number of halogens is 2. The zero-order chi connectivity index (χ0) is 22.4. The SMILES string of the molecule is CC(C)OC(=O)/C=C/C1=CC(NC(=O)c2cc(-c3cccc(F)c3)ccc2F)=CCC1. The molecule has 2 aromatic rings. The monoisotopic (exact) mass is 423 g/mol. The number of allylic oxidation sites excluding steroid dienone is 4. The van der Waals surface area contributed by atoms with E-state index < -0.39 is 23.5 Å². The predicted molar refractivity (Wildman–Crippen MR) is 115 cm³/mol. The molecule has 0 saturated heterocycles. The number of hydrogen-bond donors (Lipinski definition) is 1. The van der Waals surface area contributed by atoms with Gasteiger partial charge in [0.05, 0.1) is 11.7 Å². The molecular weight excluding hydrogens is 400 g/mol. The van der Waals surface area contributed by atoms with Gasteiger partial charge in [0.1, 0.15) is 11.6 Å². The molecule has 0 fully saturated rings. The van der Waals surface area contributed by atoms with Crippen molar-refractivity contribution in [1.29, 1.82) is 0 Å². The molecule has 0 aromatic heterocycles. The molecule has 1 aliphatic carbocycles. The van der Waals surface area contributed by atoms with E-state index in [-0.39, 0.29) is 11.7 Å². The van der Waals surface area contributed by atoms with E-state index in [0.29, 0.717) is 29.7 Å². The van der Waals surface area contributed by atoms with Crippen molar-refractivity contribution in [1.82, 2.24) is 5.32 Å². The molecule has 0 saturated carbocycles. The summed E-state index contributed by atoms with van der Waals surface area (Å²) in [6, 6.07) is 9.97. The first-order valence-electron chi connectivity index (χ1n) is 9.98. The van der Waals surface area contributed by atoms with Crippen molar-refractivity contribution in [2.75, 3.05) is 0 Å². The van der Waals surface area contributed by atoms with Crippen LogP contribution in [-0.2, 0) is 9.53 Å². The van der Waals surface area contributed by atoms with E-state index >= 15 is 0 Å². The van der Waals surface area contributed by atoms with Crippen molar-refractivity contribution < 1.29 is 23.1 Å². The first kappa shape index (κ1) is 22.2. The minimum absolute atomic E-state index is 0.140. The summed E-state index contributed by atoms with van der Waals surface area (Å²) in [6.45, 7) is 3.54. The van der Waals surface area contributed by atoms with Crippen LogP contribution in [0, 0.1) is 11.6 Å². The van der Waals surface area contributed by atoms with Crippen molar-refractivity contribution >= 4 is 11.9 Å². The molecule has 1 aliphatic rings. The number of rotatable bonds is 6. The number of esters is 1. The lowest BCUT2D eigenvalue weighted by Crippen LogP contribution is -2.24. The van der Waals surface area contributed by atoms with Gasteiger partial charge in [0.15, 0.2) is 0 Å². The van der Waals surface area contributed by atoms with Gasteiger partial charge >= 0.3 is 5.97 Å². The van der Waals surface area contributed by atoms with Crippen LogP contribution in [0.1, 0.15) is 37.0 Å².